The van der Waals surface area contributed by atoms with Crippen LogP contribution in [0.4, 0.5) is 17.2 Å². The van der Waals surface area contributed by atoms with Crippen LogP contribution in [0.1, 0.15) is 54.8 Å². The van der Waals surface area contributed by atoms with Crippen molar-refractivity contribution in [3.8, 4) is 0 Å². The number of hydrogen-bond donors (Lipinski definition) is 1. The van der Waals surface area contributed by atoms with Crippen molar-refractivity contribution in [1.82, 2.24) is 14.9 Å². The highest BCUT2D eigenvalue weighted by Gasteiger charge is 2.20. The highest BCUT2D eigenvalue weighted by Crippen LogP contribution is 2.24. The third-order valence-corrected chi connectivity index (χ3v) is 5.56. The number of carbonyl (C=O) groups is 1. The molecule has 28 heavy (non-hydrogen) atoms. The molecule has 2 aliphatic rings. The molecule has 1 N–H and O–H groups in total. The number of aryl methyl sites for hydroxylation is 1. The highest BCUT2D eigenvalue weighted by molar-refractivity contribution is 5.93. The summed E-state index contributed by atoms with van der Waals surface area (Å²) < 4.78 is 0. The first-order valence-corrected chi connectivity index (χ1v) is 10.5. The standard InChI is InChI=1S/C22H29N5O/c1-17-23-20(22(28)27-14-6-3-7-15-27)16-21(24-17)25-18-8-10-19(11-9-18)26-12-4-2-5-13-26/h8-11,16H,2-7,12-15H2,1H3,(H,23,24,25). The minimum absolute atomic E-state index is 0.00805. The SMILES string of the molecule is Cc1nc(Nc2ccc(N3CCCCC3)cc2)cc(C(=O)N2CCCCC2)n1. The van der Waals surface area contributed by atoms with Crippen LogP contribution in [0, 0.1) is 6.92 Å². The maximum Gasteiger partial charge on any atom is 0.272 e. The molecule has 0 radical (unpaired) electrons. The van der Waals surface area contributed by atoms with E-state index in [1.807, 2.05) is 11.8 Å². The maximum atomic E-state index is 12.8. The van der Waals surface area contributed by atoms with E-state index in [9.17, 15) is 4.79 Å². The van der Waals surface area contributed by atoms with Gasteiger partial charge in [0.1, 0.15) is 17.3 Å². The number of anilines is 3. The first-order valence-electron chi connectivity index (χ1n) is 10.5. The van der Waals surface area contributed by atoms with E-state index in [0.29, 0.717) is 17.3 Å². The van der Waals surface area contributed by atoms with Gasteiger partial charge in [0.25, 0.3) is 5.91 Å². The third kappa shape index (κ3) is 4.43. The first-order chi connectivity index (χ1) is 13.7. The van der Waals surface area contributed by atoms with Crippen LogP contribution in [0.2, 0.25) is 0 Å². The molecule has 1 aromatic carbocycles. The van der Waals surface area contributed by atoms with Gasteiger partial charge in [-0.25, -0.2) is 9.97 Å². The minimum atomic E-state index is 0.00805. The van der Waals surface area contributed by atoms with Gasteiger partial charge in [-0.05, 0) is 69.7 Å². The number of benzene rings is 1. The zero-order valence-electron chi connectivity index (χ0n) is 16.7. The predicted octanol–water partition coefficient (Wildman–Crippen LogP) is 4.15. The Labute approximate surface area is 167 Å². The van der Waals surface area contributed by atoms with Gasteiger partial charge in [-0.15, -0.1) is 0 Å². The van der Waals surface area contributed by atoms with Crippen LogP contribution >= 0.6 is 0 Å². The lowest BCUT2D eigenvalue weighted by atomic mass is 10.1. The summed E-state index contributed by atoms with van der Waals surface area (Å²) in [5.41, 5.74) is 2.71. The van der Waals surface area contributed by atoms with Crippen molar-refractivity contribution in [2.75, 3.05) is 36.4 Å². The Morgan fingerprint density at radius 3 is 2.21 bits per heavy atom. The molecule has 0 aliphatic carbocycles. The van der Waals surface area contributed by atoms with E-state index >= 15 is 0 Å². The molecule has 2 fully saturated rings. The molecule has 3 heterocycles. The number of nitrogens with zero attached hydrogens (tertiary/aromatic N) is 4. The number of carbonyl (C=O) groups excluding carboxylic acids is 1. The fourth-order valence-corrected chi connectivity index (χ4v) is 4.06. The zero-order chi connectivity index (χ0) is 19.3. The van der Waals surface area contributed by atoms with E-state index in [-0.39, 0.29) is 5.91 Å². The highest BCUT2D eigenvalue weighted by atomic mass is 16.2. The van der Waals surface area contributed by atoms with Crippen molar-refractivity contribution >= 4 is 23.1 Å². The van der Waals surface area contributed by atoms with Crippen LogP contribution in [0.25, 0.3) is 0 Å². The molecule has 2 saturated heterocycles. The Hall–Kier alpha value is -2.63. The second-order valence-corrected chi connectivity index (χ2v) is 7.76. The first kappa shape index (κ1) is 18.7. The van der Waals surface area contributed by atoms with Gasteiger partial charge >= 0.3 is 0 Å². The van der Waals surface area contributed by atoms with E-state index in [2.05, 4.69) is 44.5 Å². The molecule has 0 saturated carbocycles. The molecule has 2 aromatic rings. The third-order valence-electron chi connectivity index (χ3n) is 5.56. The molecule has 1 amide bonds. The van der Waals surface area contributed by atoms with Gasteiger partial charge in [-0.3, -0.25) is 4.79 Å². The summed E-state index contributed by atoms with van der Waals surface area (Å²) in [6.07, 6.45) is 7.23. The Bertz CT molecular complexity index is 808. The smallest absolute Gasteiger partial charge is 0.272 e. The van der Waals surface area contributed by atoms with Crippen LogP contribution in [-0.2, 0) is 0 Å². The van der Waals surface area contributed by atoms with Crippen LogP contribution in [0.5, 0.6) is 0 Å². The fraction of sp³-hybridized carbons (Fsp3) is 0.500. The molecule has 0 bridgehead atoms. The Morgan fingerprint density at radius 2 is 1.54 bits per heavy atom. The average molecular weight is 380 g/mol. The van der Waals surface area contributed by atoms with Crippen molar-refractivity contribution < 1.29 is 4.79 Å². The lowest BCUT2D eigenvalue weighted by Gasteiger charge is -2.28. The van der Waals surface area contributed by atoms with Gasteiger partial charge in [0.05, 0.1) is 0 Å². The number of likely N-dealkylation sites (tertiary alicyclic amines) is 1. The van der Waals surface area contributed by atoms with Crippen LogP contribution in [0.15, 0.2) is 30.3 Å². The number of aromatic nitrogens is 2. The molecule has 148 valence electrons. The lowest BCUT2D eigenvalue weighted by Crippen LogP contribution is -2.36. The summed E-state index contributed by atoms with van der Waals surface area (Å²) in [5, 5.41) is 3.33. The summed E-state index contributed by atoms with van der Waals surface area (Å²) in [6, 6.07) is 10.2. The second kappa shape index (κ2) is 8.59. The minimum Gasteiger partial charge on any atom is -0.372 e. The lowest BCUT2D eigenvalue weighted by molar-refractivity contribution is 0.0718. The van der Waals surface area contributed by atoms with Crippen LogP contribution in [-0.4, -0.2) is 47.0 Å². The summed E-state index contributed by atoms with van der Waals surface area (Å²) in [6.45, 7) is 5.75. The Kier molecular flexibility index (Phi) is 5.74. The summed E-state index contributed by atoms with van der Waals surface area (Å²) in [7, 11) is 0. The monoisotopic (exact) mass is 379 g/mol. The van der Waals surface area contributed by atoms with Gasteiger partial charge in [-0.2, -0.15) is 0 Å². The molecule has 4 rings (SSSR count). The normalized spacial score (nSPS) is 17.5. The maximum absolute atomic E-state index is 12.8. The summed E-state index contributed by atoms with van der Waals surface area (Å²) >= 11 is 0. The van der Waals surface area contributed by atoms with Crippen LogP contribution in [0.3, 0.4) is 0 Å². The molecular formula is C22H29N5O. The van der Waals surface area contributed by atoms with E-state index in [0.717, 1.165) is 44.7 Å². The molecule has 6 nitrogen and oxygen atoms in total. The van der Waals surface area contributed by atoms with Crippen molar-refractivity contribution in [1.29, 1.82) is 0 Å². The average Bonchev–Trinajstić information content (AvgIpc) is 2.74. The summed E-state index contributed by atoms with van der Waals surface area (Å²) in [4.78, 5) is 26.0. The van der Waals surface area contributed by atoms with E-state index < -0.39 is 0 Å². The molecule has 0 unspecified atom stereocenters. The van der Waals surface area contributed by atoms with E-state index in [1.165, 1.54) is 31.4 Å². The number of nitrogens with one attached hydrogen (secondary N) is 1. The second-order valence-electron chi connectivity index (χ2n) is 7.76. The molecular weight excluding hydrogens is 350 g/mol. The van der Waals surface area contributed by atoms with Crippen molar-refractivity contribution in [3.05, 3.63) is 41.9 Å². The van der Waals surface area contributed by atoms with Crippen LogP contribution < -0.4 is 10.2 Å². The number of piperidine rings is 2. The largest absolute Gasteiger partial charge is 0.372 e. The quantitative estimate of drug-likeness (QED) is 0.865. The molecule has 0 atom stereocenters. The van der Waals surface area contributed by atoms with Gasteiger partial charge < -0.3 is 15.1 Å². The van der Waals surface area contributed by atoms with Gasteiger partial charge in [-0.1, -0.05) is 0 Å². The van der Waals surface area contributed by atoms with E-state index in [1.54, 1.807) is 6.07 Å². The molecule has 6 heteroatoms. The molecule has 0 spiro atoms. The van der Waals surface area contributed by atoms with Crippen molar-refractivity contribution in [2.45, 2.75) is 45.4 Å². The van der Waals surface area contributed by atoms with Gasteiger partial charge in [0.15, 0.2) is 0 Å². The van der Waals surface area contributed by atoms with Gasteiger partial charge in [0, 0.05) is 43.6 Å². The van der Waals surface area contributed by atoms with Crippen molar-refractivity contribution in [3.63, 3.8) is 0 Å². The fourth-order valence-electron chi connectivity index (χ4n) is 4.06. The Morgan fingerprint density at radius 1 is 0.893 bits per heavy atom. The summed E-state index contributed by atoms with van der Waals surface area (Å²) in [5.74, 6) is 1.28. The zero-order valence-corrected chi connectivity index (χ0v) is 16.7. The number of hydrogen-bond acceptors (Lipinski definition) is 5. The number of rotatable bonds is 4. The van der Waals surface area contributed by atoms with E-state index in [4.69, 9.17) is 0 Å². The predicted molar refractivity (Wildman–Crippen MR) is 112 cm³/mol. The topological polar surface area (TPSA) is 61.4 Å². The Balaban J connectivity index is 1.46. The molecule has 2 aliphatic heterocycles. The van der Waals surface area contributed by atoms with Crippen molar-refractivity contribution in [2.24, 2.45) is 0 Å². The van der Waals surface area contributed by atoms with Gasteiger partial charge in [0.2, 0.25) is 0 Å². The molecule has 1 aromatic heterocycles. The number of amides is 1.